The highest BCUT2D eigenvalue weighted by molar-refractivity contribution is 6.44. The van der Waals surface area contributed by atoms with Crippen molar-refractivity contribution in [2.75, 3.05) is 6.61 Å². The van der Waals surface area contributed by atoms with Gasteiger partial charge in [-0.1, -0.05) is 24.0 Å². The molecule has 3 nitrogen and oxygen atoms in total. The highest BCUT2D eigenvalue weighted by Gasteiger charge is 2.40. The predicted octanol–water partition coefficient (Wildman–Crippen LogP) is 3.46. The first kappa shape index (κ1) is 16.9. The molecule has 1 fully saturated rings. The fourth-order valence-electron chi connectivity index (χ4n) is 2.67. The van der Waals surface area contributed by atoms with E-state index in [2.05, 4.69) is 6.92 Å². The van der Waals surface area contributed by atoms with Crippen LogP contribution in [0.1, 0.15) is 53.9 Å². The summed E-state index contributed by atoms with van der Waals surface area (Å²) in [6, 6.07) is 0. The van der Waals surface area contributed by atoms with Crippen LogP contribution in [0, 0.1) is 5.41 Å². The highest BCUT2D eigenvalue weighted by atomic mass is 35.5. The molecule has 1 heterocycles. The van der Waals surface area contributed by atoms with Gasteiger partial charge in [-0.3, -0.25) is 0 Å². The maximum absolute atomic E-state index is 10.2. The topological polar surface area (TPSA) is 38.7 Å². The van der Waals surface area contributed by atoms with E-state index >= 15 is 0 Å². The number of ether oxygens (including phenoxy) is 1. The zero-order valence-electron chi connectivity index (χ0n) is 13.8. The third-order valence-corrected chi connectivity index (χ3v) is 5.38. The van der Waals surface area contributed by atoms with Gasteiger partial charge < -0.3 is 14.5 Å². The lowest BCUT2D eigenvalue weighted by molar-refractivity contribution is -0.0898. The summed E-state index contributed by atoms with van der Waals surface area (Å²) in [5.41, 5.74) is -0.418. The van der Waals surface area contributed by atoms with Crippen LogP contribution in [0.2, 0.25) is 0 Å². The summed E-state index contributed by atoms with van der Waals surface area (Å²) in [7, 11) is 0.440. The number of allylic oxidation sites excluding steroid dienone is 4. The second-order valence-electron chi connectivity index (χ2n) is 7.51. The van der Waals surface area contributed by atoms with Gasteiger partial charge in [0.25, 0.3) is 0 Å². The molecule has 2 rings (SSSR count). The fraction of sp³-hybridized carbons (Fsp3) is 0.750. The monoisotopic (exact) mass is 312 g/mol. The lowest BCUT2D eigenvalue weighted by Gasteiger charge is -2.41. The maximum Gasteiger partial charge on any atom is 0.306 e. The lowest BCUT2D eigenvalue weighted by atomic mass is 9.67. The third kappa shape index (κ3) is 3.49. The molecule has 0 radical (unpaired) electrons. The largest absolute Gasteiger partial charge is 0.497 e. The number of rotatable bonds is 4. The lowest BCUT2D eigenvalue weighted by Crippen LogP contribution is -2.48. The number of hydrogen-bond donors (Lipinski definition) is 1. The van der Waals surface area contributed by atoms with Crippen LogP contribution in [-0.2, 0) is 9.39 Å². The molecule has 0 spiro atoms. The van der Waals surface area contributed by atoms with Crippen LogP contribution in [0.25, 0.3) is 0 Å². The van der Waals surface area contributed by atoms with E-state index in [1.807, 2.05) is 19.9 Å². The molecule has 1 aliphatic heterocycles. The molecule has 0 amide bonds. The summed E-state index contributed by atoms with van der Waals surface area (Å²) in [5.74, 6) is 1.00. The van der Waals surface area contributed by atoms with Crippen molar-refractivity contribution in [3.63, 3.8) is 0 Å². The Morgan fingerprint density at radius 1 is 1.38 bits per heavy atom. The van der Waals surface area contributed by atoms with Gasteiger partial charge in [0, 0.05) is 10.4 Å². The Balaban J connectivity index is 2.12. The molecule has 1 saturated heterocycles. The van der Waals surface area contributed by atoms with Crippen molar-refractivity contribution in [1.82, 2.24) is 0 Å². The smallest absolute Gasteiger partial charge is 0.306 e. The minimum Gasteiger partial charge on any atom is -0.497 e. The molecule has 21 heavy (non-hydrogen) atoms. The van der Waals surface area contributed by atoms with E-state index in [4.69, 9.17) is 21.0 Å². The summed E-state index contributed by atoms with van der Waals surface area (Å²) in [4.78, 5) is 0. The molecule has 1 aliphatic carbocycles. The van der Waals surface area contributed by atoms with Crippen LogP contribution in [0.5, 0.6) is 0 Å². The Hall–Kier alpha value is -0.445. The number of aliphatic hydroxyl groups is 1. The van der Waals surface area contributed by atoms with Gasteiger partial charge in [-0.2, -0.15) is 0 Å². The average molecular weight is 313 g/mol. The van der Waals surface area contributed by atoms with E-state index in [-0.39, 0.29) is 5.41 Å². The molecule has 118 valence electrons. The molecule has 2 aliphatic rings. The van der Waals surface area contributed by atoms with Crippen molar-refractivity contribution in [2.24, 2.45) is 5.41 Å². The van der Waals surface area contributed by atoms with Gasteiger partial charge in [0.2, 0.25) is 0 Å². The van der Waals surface area contributed by atoms with E-state index in [1.54, 1.807) is 13.8 Å². The first-order chi connectivity index (χ1) is 9.55. The molecule has 0 aromatic rings. The minimum absolute atomic E-state index is 0.0359. The highest BCUT2D eigenvalue weighted by Crippen LogP contribution is 2.46. The van der Waals surface area contributed by atoms with Gasteiger partial charge in [0.05, 0.1) is 17.8 Å². The van der Waals surface area contributed by atoms with Crippen LogP contribution in [0.3, 0.4) is 0 Å². The zero-order chi connectivity index (χ0) is 15.9. The second-order valence-corrected chi connectivity index (χ2v) is 7.91. The molecule has 0 saturated carbocycles. The van der Waals surface area contributed by atoms with Crippen molar-refractivity contribution in [3.8, 4) is 0 Å². The van der Waals surface area contributed by atoms with Crippen LogP contribution in [0.4, 0.5) is 0 Å². The summed E-state index contributed by atoms with van der Waals surface area (Å²) in [5, 5.41) is 10.9. The molecule has 0 aromatic carbocycles. The molecule has 0 bridgehead atoms. The van der Waals surface area contributed by atoms with Crippen LogP contribution >= 0.6 is 11.6 Å². The first-order valence-corrected chi connectivity index (χ1v) is 8.02. The van der Waals surface area contributed by atoms with Crippen molar-refractivity contribution in [1.29, 1.82) is 0 Å². The number of fused-ring (bicyclic) bond motifs is 1. The summed E-state index contributed by atoms with van der Waals surface area (Å²) >= 11 is 6.39. The molecule has 1 atom stereocenters. The Morgan fingerprint density at radius 2 is 2.05 bits per heavy atom. The van der Waals surface area contributed by atoms with Crippen molar-refractivity contribution in [2.45, 2.75) is 65.1 Å². The van der Waals surface area contributed by atoms with Gasteiger partial charge in [-0.25, -0.2) is 0 Å². The van der Waals surface area contributed by atoms with E-state index in [1.165, 1.54) is 0 Å². The fourth-order valence-corrected chi connectivity index (χ4v) is 2.89. The Morgan fingerprint density at radius 3 is 2.67 bits per heavy atom. The standard InChI is InChI=1S/C16H26BClO3/c1-14(2,19)15(3,4)21-17-11-10-16(5)7-6-8-20-13(16)9-12(11)18/h9,17,19H,6-8,10H2,1-5H3. The van der Waals surface area contributed by atoms with Gasteiger partial charge in [-0.15, -0.1) is 0 Å². The summed E-state index contributed by atoms with van der Waals surface area (Å²) < 4.78 is 11.7. The van der Waals surface area contributed by atoms with Gasteiger partial charge in [-0.05, 0) is 53.0 Å². The SMILES string of the molecule is CC12CCCOC1=CC(Cl)=C(BOC(C)(C)C(C)(C)O)C2. The molecular weight excluding hydrogens is 286 g/mol. The Kier molecular flexibility index (Phi) is 4.54. The van der Waals surface area contributed by atoms with Gasteiger partial charge in [0.15, 0.2) is 0 Å². The van der Waals surface area contributed by atoms with E-state index in [0.717, 1.165) is 42.1 Å². The predicted molar refractivity (Wildman–Crippen MR) is 87.5 cm³/mol. The minimum atomic E-state index is -0.909. The molecule has 0 aromatic heterocycles. The van der Waals surface area contributed by atoms with Crippen LogP contribution in [0.15, 0.2) is 22.3 Å². The third-order valence-electron chi connectivity index (χ3n) is 5.01. The van der Waals surface area contributed by atoms with Crippen molar-refractivity contribution >= 4 is 19.1 Å². The van der Waals surface area contributed by atoms with E-state index in [9.17, 15) is 5.11 Å². The zero-order valence-corrected chi connectivity index (χ0v) is 14.5. The number of hydrogen-bond acceptors (Lipinski definition) is 3. The molecule has 1 unspecified atom stereocenters. The normalized spacial score (nSPS) is 26.9. The maximum atomic E-state index is 10.2. The average Bonchev–Trinajstić information content (AvgIpc) is 2.35. The summed E-state index contributed by atoms with van der Waals surface area (Å²) in [6.07, 6.45) is 5.00. The van der Waals surface area contributed by atoms with Crippen LogP contribution < -0.4 is 0 Å². The second kappa shape index (κ2) is 5.64. The van der Waals surface area contributed by atoms with E-state index in [0.29, 0.717) is 7.48 Å². The first-order valence-electron chi connectivity index (χ1n) is 7.64. The van der Waals surface area contributed by atoms with E-state index < -0.39 is 11.2 Å². The Bertz CT molecular complexity index is 476. The van der Waals surface area contributed by atoms with Crippen molar-refractivity contribution in [3.05, 3.63) is 22.3 Å². The quantitative estimate of drug-likeness (QED) is 0.808. The molecule has 1 N–H and O–H groups in total. The van der Waals surface area contributed by atoms with Crippen LogP contribution in [-0.4, -0.2) is 30.4 Å². The summed E-state index contributed by atoms with van der Waals surface area (Å²) in [6.45, 7) is 10.3. The Labute approximate surface area is 133 Å². The van der Waals surface area contributed by atoms with Gasteiger partial charge in [0.1, 0.15) is 5.76 Å². The molecular formula is C16H26BClO3. The van der Waals surface area contributed by atoms with Gasteiger partial charge >= 0.3 is 7.48 Å². The molecule has 5 heteroatoms. The number of halogens is 1. The van der Waals surface area contributed by atoms with Crippen molar-refractivity contribution < 1.29 is 14.5 Å².